The van der Waals surface area contributed by atoms with Gasteiger partial charge in [0.25, 0.3) is 5.89 Å². The van der Waals surface area contributed by atoms with Gasteiger partial charge in [-0.2, -0.15) is 4.98 Å². The lowest BCUT2D eigenvalue weighted by Gasteiger charge is -2.16. The van der Waals surface area contributed by atoms with Crippen molar-refractivity contribution in [2.75, 3.05) is 13.6 Å². The zero-order valence-electron chi connectivity index (χ0n) is 15.9. The Morgan fingerprint density at radius 1 is 1.07 bits per heavy atom. The summed E-state index contributed by atoms with van der Waals surface area (Å²) < 4.78 is 37.3. The smallest absolute Gasteiger partial charge is 0.264 e. The molecule has 0 fully saturated rings. The molecule has 7 nitrogen and oxygen atoms in total. The first-order valence-electron chi connectivity index (χ1n) is 9.03. The summed E-state index contributed by atoms with van der Waals surface area (Å²) in [7, 11) is -2.01. The average Bonchev–Trinajstić information content (AvgIpc) is 3.19. The Labute approximate surface area is 165 Å². The monoisotopic (exact) mass is 401 g/mol. The van der Waals surface area contributed by atoms with Crippen LogP contribution in [0.5, 0.6) is 5.75 Å². The van der Waals surface area contributed by atoms with Crippen LogP contribution in [0.1, 0.15) is 24.2 Å². The fourth-order valence-electron chi connectivity index (χ4n) is 2.57. The Kier molecular flexibility index (Phi) is 6.43. The number of benzene rings is 2. The van der Waals surface area contributed by atoms with E-state index < -0.39 is 10.0 Å². The molecule has 1 aromatic heterocycles. The molecule has 8 heteroatoms. The van der Waals surface area contributed by atoms with E-state index in [1.54, 1.807) is 19.2 Å². The molecule has 0 radical (unpaired) electrons. The van der Waals surface area contributed by atoms with Crippen LogP contribution in [-0.4, -0.2) is 36.5 Å². The SMILES string of the molecule is CCc1ccc(S(=O)(=O)N(C)CCc2noc(COc3ccccc3)n2)cc1. The highest BCUT2D eigenvalue weighted by Crippen LogP contribution is 2.16. The minimum Gasteiger partial charge on any atom is -0.484 e. The molecule has 1 heterocycles. The second-order valence-electron chi connectivity index (χ2n) is 6.28. The van der Waals surface area contributed by atoms with Gasteiger partial charge in [-0.3, -0.25) is 0 Å². The summed E-state index contributed by atoms with van der Waals surface area (Å²) in [6.45, 7) is 2.44. The van der Waals surface area contributed by atoms with E-state index in [-0.39, 0.29) is 18.0 Å². The summed E-state index contributed by atoms with van der Waals surface area (Å²) in [5.74, 6) is 1.50. The van der Waals surface area contributed by atoms with E-state index >= 15 is 0 Å². The number of aromatic nitrogens is 2. The number of para-hydroxylation sites is 1. The molecule has 0 N–H and O–H groups in total. The number of hydrogen-bond donors (Lipinski definition) is 0. The number of likely N-dealkylation sites (N-methyl/N-ethyl adjacent to an activating group) is 1. The Balaban J connectivity index is 1.55. The van der Waals surface area contributed by atoms with Crippen LogP contribution in [0.3, 0.4) is 0 Å². The third-order valence-electron chi connectivity index (χ3n) is 4.31. The summed E-state index contributed by atoms with van der Waals surface area (Å²) >= 11 is 0. The minimum absolute atomic E-state index is 0.162. The maximum Gasteiger partial charge on any atom is 0.264 e. The van der Waals surface area contributed by atoms with Crippen molar-refractivity contribution in [1.29, 1.82) is 0 Å². The van der Waals surface area contributed by atoms with E-state index in [1.165, 1.54) is 4.31 Å². The molecule has 0 spiro atoms. The van der Waals surface area contributed by atoms with Crippen molar-refractivity contribution in [3.8, 4) is 5.75 Å². The summed E-state index contributed by atoms with van der Waals surface area (Å²) in [4.78, 5) is 4.53. The highest BCUT2D eigenvalue weighted by atomic mass is 32.2. The second kappa shape index (κ2) is 8.99. The van der Waals surface area contributed by atoms with Crippen LogP contribution in [-0.2, 0) is 29.5 Å². The van der Waals surface area contributed by atoms with E-state index in [4.69, 9.17) is 9.26 Å². The van der Waals surface area contributed by atoms with Crippen LogP contribution >= 0.6 is 0 Å². The highest BCUT2D eigenvalue weighted by Gasteiger charge is 2.21. The van der Waals surface area contributed by atoms with Crippen molar-refractivity contribution in [3.63, 3.8) is 0 Å². The maximum atomic E-state index is 12.7. The number of hydrogen-bond acceptors (Lipinski definition) is 6. The summed E-state index contributed by atoms with van der Waals surface area (Å²) in [6, 6.07) is 16.3. The van der Waals surface area contributed by atoms with E-state index in [0.717, 1.165) is 12.0 Å². The van der Waals surface area contributed by atoms with Gasteiger partial charge in [-0.05, 0) is 36.2 Å². The normalized spacial score (nSPS) is 11.7. The quantitative estimate of drug-likeness (QED) is 0.548. The molecular formula is C20H23N3O4S. The van der Waals surface area contributed by atoms with Crippen molar-refractivity contribution in [2.45, 2.75) is 31.3 Å². The van der Waals surface area contributed by atoms with Crippen LogP contribution in [0.15, 0.2) is 64.0 Å². The molecule has 3 rings (SSSR count). The van der Waals surface area contributed by atoms with Crippen LogP contribution in [0, 0.1) is 0 Å². The largest absolute Gasteiger partial charge is 0.484 e. The van der Waals surface area contributed by atoms with E-state index in [2.05, 4.69) is 10.1 Å². The lowest BCUT2D eigenvalue weighted by atomic mass is 10.2. The van der Waals surface area contributed by atoms with Crippen molar-refractivity contribution < 1.29 is 17.7 Å². The number of sulfonamides is 1. The molecule has 0 aliphatic rings. The third kappa shape index (κ3) is 4.96. The first-order chi connectivity index (χ1) is 13.5. The van der Waals surface area contributed by atoms with Crippen molar-refractivity contribution in [1.82, 2.24) is 14.4 Å². The molecule has 0 atom stereocenters. The van der Waals surface area contributed by atoms with E-state index in [9.17, 15) is 8.42 Å². The lowest BCUT2D eigenvalue weighted by molar-refractivity contribution is 0.242. The van der Waals surface area contributed by atoms with Gasteiger partial charge >= 0.3 is 0 Å². The zero-order valence-corrected chi connectivity index (χ0v) is 16.7. The number of aryl methyl sites for hydroxylation is 1. The molecule has 3 aromatic rings. The van der Waals surface area contributed by atoms with Gasteiger partial charge < -0.3 is 9.26 Å². The zero-order chi connectivity index (χ0) is 20.0. The first kappa shape index (κ1) is 20.0. The number of ether oxygens (including phenoxy) is 1. The van der Waals surface area contributed by atoms with Gasteiger partial charge in [0.15, 0.2) is 12.4 Å². The molecule has 28 heavy (non-hydrogen) atoms. The predicted octanol–water partition coefficient (Wildman–Crippen LogP) is 3.07. The molecule has 0 unspecified atom stereocenters. The van der Waals surface area contributed by atoms with Gasteiger partial charge in [0, 0.05) is 20.0 Å². The second-order valence-corrected chi connectivity index (χ2v) is 8.33. The molecule has 0 bridgehead atoms. The van der Waals surface area contributed by atoms with Crippen molar-refractivity contribution in [2.24, 2.45) is 0 Å². The van der Waals surface area contributed by atoms with Gasteiger partial charge in [0.2, 0.25) is 10.0 Å². The van der Waals surface area contributed by atoms with Gasteiger partial charge in [-0.1, -0.05) is 42.4 Å². The number of rotatable bonds is 9. The van der Waals surface area contributed by atoms with Crippen LogP contribution in [0.2, 0.25) is 0 Å². The fraction of sp³-hybridized carbons (Fsp3) is 0.300. The standard InChI is InChI=1S/C20H23N3O4S/c1-3-16-9-11-18(12-10-16)28(24,25)23(2)14-13-19-21-20(27-22-19)15-26-17-7-5-4-6-8-17/h4-12H,3,13-15H2,1-2H3. The molecule has 0 amide bonds. The molecular weight excluding hydrogens is 378 g/mol. The first-order valence-corrected chi connectivity index (χ1v) is 10.5. The molecule has 148 valence electrons. The van der Waals surface area contributed by atoms with Gasteiger partial charge in [0.05, 0.1) is 4.90 Å². The summed E-state index contributed by atoms with van der Waals surface area (Å²) in [6.07, 6.45) is 1.21. The van der Waals surface area contributed by atoms with Crippen LogP contribution < -0.4 is 4.74 Å². The Bertz CT molecular complexity index is 986. The maximum absolute atomic E-state index is 12.7. The van der Waals surface area contributed by atoms with Crippen LogP contribution in [0.25, 0.3) is 0 Å². The molecule has 0 aliphatic carbocycles. The van der Waals surface area contributed by atoms with Gasteiger partial charge in [-0.25, -0.2) is 12.7 Å². The lowest BCUT2D eigenvalue weighted by Crippen LogP contribution is -2.29. The van der Waals surface area contributed by atoms with Crippen molar-refractivity contribution in [3.05, 3.63) is 71.9 Å². The van der Waals surface area contributed by atoms with Crippen molar-refractivity contribution >= 4 is 10.0 Å². The van der Waals surface area contributed by atoms with E-state index in [0.29, 0.717) is 23.9 Å². The Morgan fingerprint density at radius 2 is 1.79 bits per heavy atom. The van der Waals surface area contributed by atoms with Crippen LogP contribution in [0.4, 0.5) is 0 Å². The molecule has 0 aliphatic heterocycles. The average molecular weight is 401 g/mol. The molecule has 0 saturated carbocycles. The van der Waals surface area contributed by atoms with Gasteiger partial charge in [-0.15, -0.1) is 0 Å². The highest BCUT2D eigenvalue weighted by molar-refractivity contribution is 7.89. The fourth-order valence-corrected chi connectivity index (χ4v) is 3.74. The van der Waals surface area contributed by atoms with E-state index in [1.807, 2.05) is 49.4 Å². The Morgan fingerprint density at radius 3 is 2.46 bits per heavy atom. The minimum atomic E-state index is -3.55. The van der Waals surface area contributed by atoms with Gasteiger partial charge in [0.1, 0.15) is 5.75 Å². The molecule has 0 saturated heterocycles. The predicted molar refractivity (Wildman–Crippen MR) is 104 cm³/mol. The summed E-state index contributed by atoms with van der Waals surface area (Å²) in [5.41, 5.74) is 1.10. The summed E-state index contributed by atoms with van der Waals surface area (Å²) in [5, 5.41) is 3.89. The third-order valence-corrected chi connectivity index (χ3v) is 6.18. The molecule has 2 aromatic carbocycles. The Hall–Kier alpha value is -2.71. The topological polar surface area (TPSA) is 85.5 Å². The number of nitrogens with zero attached hydrogens (tertiary/aromatic N) is 3.